The van der Waals surface area contributed by atoms with Crippen molar-refractivity contribution >= 4 is 28.9 Å². The number of para-hydroxylation sites is 1. The maximum atomic E-state index is 5.74. The molecule has 1 aromatic rings. The number of rotatable bonds is 3. The minimum absolute atomic E-state index is 0.218. The van der Waals surface area contributed by atoms with Gasteiger partial charge in [-0.05, 0) is 38.2 Å². The Bertz CT molecular complexity index is 398. The Balaban J connectivity index is 3.05. The lowest BCUT2D eigenvalue weighted by molar-refractivity contribution is 0.495. The summed E-state index contributed by atoms with van der Waals surface area (Å²) in [6, 6.07) is 10.0. The van der Waals surface area contributed by atoms with Crippen LogP contribution in [0, 0.1) is 0 Å². The van der Waals surface area contributed by atoms with Crippen LogP contribution in [0.1, 0.15) is 27.2 Å². The number of amidine groups is 1. The van der Waals surface area contributed by atoms with Gasteiger partial charge in [0.1, 0.15) is 5.84 Å². The van der Waals surface area contributed by atoms with Gasteiger partial charge in [-0.15, -0.1) is 0 Å². The van der Waals surface area contributed by atoms with Gasteiger partial charge in [0.05, 0.1) is 5.69 Å². The molecule has 0 aliphatic heterocycles. The lowest BCUT2D eigenvalue weighted by Crippen LogP contribution is -2.44. The van der Waals surface area contributed by atoms with Crippen LogP contribution in [0.2, 0.25) is 0 Å². The van der Waals surface area contributed by atoms with E-state index in [9.17, 15) is 0 Å². The van der Waals surface area contributed by atoms with Crippen molar-refractivity contribution in [3.8, 4) is 0 Å². The number of aliphatic imine (C=N–C) groups is 1. The van der Waals surface area contributed by atoms with Crippen molar-refractivity contribution in [1.29, 1.82) is 0 Å². The largest absolute Gasteiger partial charge is 0.376 e. The zero-order valence-electron chi connectivity index (χ0n) is 10.6. The molecule has 0 spiro atoms. The van der Waals surface area contributed by atoms with Gasteiger partial charge in [0.15, 0.2) is 5.11 Å². The van der Waals surface area contributed by atoms with E-state index < -0.39 is 0 Å². The molecule has 0 unspecified atom stereocenters. The van der Waals surface area contributed by atoms with Crippen LogP contribution >= 0.6 is 12.2 Å². The molecule has 4 heteroatoms. The zero-order chi connectivity index (χ0) is 12.8. The summed E-state index contributed by atoms with van der Waals surface area (Å²) in [5.74, 6) is 0.902. The third-order valence-corrected chi connectivity index (χ3v) is 2.56. The highest BCUT2D eigenvalue weighted by atomic mass is 32.1. The molecule has 0 radical (unpaired) electrons. The van der Waals surface area contributed by atoms with E-state index in [4.69, 9.17) is 18.0 Å². The predicted octanol–water partition coefficient (Wildman–Crippen LogP) is 3.08. The molecule has 0 bridgehead atoms. The first-order chi connectivity index (χ1) is 8.06. The van der Waals surface area contributed by atoms with Crippen LogP contribution in [-0.2, 0) is 0 Å². The highest BCUT2D eigenvalue weighted by molar-refractivity contribution is 7.80. The first-order valence-corrected chi connectivity index (χ1v) is 6.18. The van der Waals surface area contributed by atoms with Crippen molar-refractivity contribution < 1.29 is 0 Å². The Morgan fingerprint density at radius 2 is 1.94 bits per heavy atom. The van der Waals surface area contributed by atoms with E-state index in [1.165, 1.54) is 0 Å². The predicted molar refractivity (Wildman–Crippen MR) is 77.6 cm³/mol. The molecule has 0 saturated carbocycles. The Morgan fingerprint density at radius 1 is 1.35 bits per heavy atom. The van der Waals surface area contributed by atoms with Gasteiger partial charge in [-0.3, -0.25) is 0 Å². The second kappa shape index (κ2) is 6.35. The van der Waals surface area contributed by atoms with Crippen molar-refractivity contribution in [2.75, 3.05) is 0 Å². The van der Waals surface area contributed by atoms with Crippen LogP contribution in [0.4, 0.5) is 5.69 Å². The van der Waals surface area contributed by atoms with Crippen LogP contribution in [-0.4, -0.2) is 21.9 Å². The lowest BCUT2D eigenvalue weighted by atomic mass is 10.2. The molecule has 0 aliphatic rings. The van der Waals surface area contributed by atoms with Crippen LogP contribution in [0.25, 0.3) is 0 Å². The summed E-state index contributed by atoms with van der Waals surface area (Å²) in [6.07, 6.45) is 0.796. The molecule has 0 heterocycles. The molecule has 2 N–H and O–H groups in total. The van der Waals surface area contributed by atoms with Gasteiger partial charge >= 0.3 is 0 Å². The van der Waals surface area contributed by atoms with E-state index in [0.717, 1.165) is 17.9 Å². The molecule has 0 atom stereocenters. The highest BCUT2D eigenvalue weighted by Crippen LogP contribution is 2.14. The number of hydrogen-bond donors (Lipinski definition) is 1. The Morgan fingerprint density at radius 3 is 2.35 bits per heavy atom. The average Bonchev–Trinajstić information content (AvgIpc) is 2.28. The third-order valence-electron chi connectivity index (χ3n) is 2.36. The lowest BCUT2D eigenvalue weighted by Gasteiger charge is -2.27. The molecular formula is C13H19N3S. The van der Waals surface area contributed by atoms with E-state index in [2.05, 4.69) is 25.8 Å². The summed E-state index contributed by atoms with van der Waals surface area (Å²) in [6.45, 7) is 6.15. The van der Waals surface area contributed by atoms with Crippen LogP contribution in [0.5, 0.6) is 0 Å². The summed E-state index contributed by atoms with van der Waals surface area (Å²) < 4.78 is 0. The molecule has 0 fully saturated rings. The second-order valence-corrected chi connectivity index (χ2v) is 4.44. The molecule has 1 aromatic carbocycles. The topological polar surface area (TPSA) is 41.6 Å². The van der Waals surface area contributed by atoms with E-state index in [1.807, 2.05) is 35.2 Å². The Labute approximate surface area is 108 Å². The summed E-state index contributed by atoms with van der Waals surface area (Å²) in [4.78, 5) is 6.49. The van der Waals surface area contributed by atoms with Gasteiger partial charge in [0.25, 0.3) is 0 Å². The van der Waals surface area contributed by atoms with Crippen LogP contribution in [0.15, 0.2) is 35.3 Å². The van der Waals surface area contributed by atoms with Crippen molar-refractivity contribution in [2.45, 2.75) is 33.2 Å². The number of thiocarbonyl (C=S) groups is 1. The van der Waals surface area contributed by atoms with Crippen molar-refractivity contribution in [3.63, 3.8) is 0 Å². The first kappa shape index (κ1) is 13.6. The quantitative estimate of drug-likeness (QED) is 0.508. The number of benzene rings is 1. The molecule has 0 aliphatic carbocycles. The fraction of sp³-hybridized carbons (Fsp3) is 0.385. The molecule has 0 amide bonds. The van der Waals surface area contributed by atoms with Gasteiger partial charge in [-0.2, -0.15) is 0 Å². The minimum atomic E-state index is 0.218. The monoisotopic (exact) mass is 249 g/mol. The molecule has 0 aromatic heterocycles. The van der Waals surface area contributed by atoms with Crippen LogP contribution in [0.3, 0.4) is 0 Å². The van der Waals surface area contributed by atoms with Gasteiger partial charge in [0, 0.05) is 12.5 Å². The minimum Gasteiger partial charge on any atom is -0.376 e. The zero-order valence-corrected chi connectivity index (χ0v) is 11.4. The SMILES string of the molecule is CC/C(=N\c1ccccc1)N(C(N)=S)C(C)C. The Hall–Kier alpha value is -1.42. The second-order valence-electron chi connectivity index (χ2n) is 4.02. The van der Waals surface area contributed by atoms with Crippen molar-refractivity contribution in [2.24, 2.45) is 10.7 Å². The molecular weight excluding hydrogens is 230 g/mol. The van der Waals surface area contributed by atoms with E-state index >= 15 is 0 Å². The van der Waals surface area contributed by atoms with Gasteiger partial charge < -0.3 is 10.6 Å². The molecule has 17 heavy (non-hydrogen) atoms. The number of nitrogens with zero attached hydrogens (tertiary/aromatic N) is 2. The van der Waals surface area contributed by atoms with Gasteiger partial charge in [0.2, 0.25) is 0 Å². The summed E-state index contributed by atoms with van der Waals surface area (Å²) >= 11 is 5.07. The van der Waals surface area contributed by atoms with Crippen molar-refractivity contribution in [1.82, 2.24) is 4.90 Å². The first-order valence-electron chi connectivity index (χ1n) is 5.77. The van der Waals surface area contributed by atoms with Crippen molar-refractivity contribution in [3.05, 3.63) is 30.3 Å². The summed E-state index contributed by atoms with van der Waals surface area (Å²) in [7, 11) is 0. The van der Waals surface area contributed by atoms with Gasteiger partial charge in [-0.25, -0.2) is 4.99 Å². The van der Waals surface area contributed by atoms with E-state index in [1.54, 1.807) is 0 Å². The normalized spacial score (nSPS) is 11.6. The average molecular weight is 249 g/mol. The maximum absolute atomic E-state index is 5.74. The Kier molecular flexibility index (Phi) is 5.10. The standard InChI is InChI=1S/C13H19N3S/c1-4-12(16(10(2)3)13(14)17)15-11-8-6-5-7-9-11/h5-10H,4H2,1-3H3,(H2,14,17)/b15-12+. The van der Waals surface area contributed by atoms with E-state index in [-0.39, 0.29) is 6.04 Å². The fourth-order valence-corrected chi connectivity index (χ4v) is 1.95. The molecule has 1 rings (SSSR count). The highest BCUT2D eigenvalue weighted by Gasteiger charge is 2.15. The number of nitrogens with two attached hydrogens (primary N) is 1. The van der Waals surface area contributed by atoms with Gasteiger partial charge in [-0.1, -0.05) is 25.1 Å². The van der Waals surface area contributed by atoms with E-state index in [0.29, 0.717) is 5.11 Å². The summed E-state index contributed by atoms with van der Waals surface area (Å²) in [5.41, 5.74) is 6.67. The van der Waals surface area contributed by atoms with Crippen LogP contribution < -0.4 is 5.73 Å². The molecule has 3 nitrogen and oxygen atoms in total. The smallest absolute Gasteiger partial charge is 0.171 e. The maximum Gasteiger partial charge on any atom is 0.171 e. The number of hydrogen-bond acceptors (Lipinski definition) is 2. The fourth-order valence-electron chi connectivity index (χ4n) is 1.63. The molecule has 92 valence electrons. The summed E-state index contributed by atoms with van der Waals surface area (Å²) in [5, 5.41) is 0.372. The molecule has 0 saturated heterocycles. The third kappa shape index (κ3) is 3.82.